The largest absolute Gasteiger partial charge is 0.348 e. The van der Waals surface area contributed by atoms with Crippen LogP contribution in [0.1, 0.15) is 34.5 Å². The number of benzene rings is 1. The highest BCUT2D eigenvalue weighted by Gasteiger charge is 2.21. The van der Waals surface area contributed by atoms with Crippen LogP contribution in [-0.4, -0.2) is 23.3 Å². The number of hydrogen-bond donors (Lipinski definition) is 2. The molecule has 0 aliphatic carbocycles. The van der Waals surface area contributed by atoms with Gasteiger partial charge in [0, 0.05) is 30.9 Å². The molecule has 2 aromatic rings. The number of carbonyl (C=O) groups excluding carboxylic acids is 2. The molecule has 0 unspecified atom stereocenters. The molecule has 0 atom stereocenters. The molecule has 1 saturated heterocycles. The van der Waals surface area contributed by atoms with Crippen molar-refractivity contribution in [1.82, 2.24) is 10.3 Å². The molecule has 24 heavy (non-hydrogen) atoms. The first-order valence-corrected chi connectivity index (χ1v) is 7.92. The van der Waals surface area contributed by atoms with Gasteiger partial charge in [-0.1, -0.05) is 12.1 Å². The Hall–Kier alpha value is -2.89. The summed E-state index contributed by atoms with van der Waals surface area (Å²) in [5.41, 5.74) is 2.12. The number of pyridine rings is 1. The summed E-state index contributed by atoms with van der Waals surface area (Å²) in [6.07, 6.45) is 1.45. The van der Waals surface area contributed by atoms with Crippen LogP contribution >= 0.6 is 0 Å². The van der Waals surface area contributed by atoms with Gasteiger partial charge in [0.25, 0.3) is 11.5 Å². The van der Waals surface area contributed by atoms with E-state index in [-0.39, 0.29) is 11.5 Å². The predicted molar refractivity (Wildman–Crippen MR) is 91.0 cm³/mol. The maximum Gasteiger partial charge on any atom is 0.260 e. The SMILES string of the molecule is Cc1ccc(C(=O)NCc2cccc(N3CCCC3=O)c2)c(=O)[nH]1. The zero-order valence-corrected chi connectivity index (χ0v) is 13.5. The van der Waals surface area contributed by atoms with Crippen LogP contribution in [0.5, 0.6) is 0 Å². The van der Waals surface area contributed by atoms with E-state index in [9.17, 15) is 14.4 Å². The zero-order chi connectivity index (χ0) is 17.1. The molecule has 3 rings (SSSR count). The Kier molecular flexibility index (Phi) is 4.46. The van der Waals surface area contributed by atoms with Gasteiger partial charge in [0.15, 0.2) is 0 Å². The normalized spacial score (nSPS) is 14.0. The third kappa shape index (κ3) is 3.37. The number of aromatic nitrogens is 1. The molecule has 6 heteroatoms. The molecule has 0 spiro atoms. The van der Waals surface area contributed by atoms with E-state index in [1.807, 2.05) is 24.3 Å². The van der Waals surface area contributed by atoms with E-state index in [0.29, 0.717) is 18.7 Å². The van der Waals surface area contributed by atoms with Crippen LogP contribution < -0.4 is 15.8 Å². The highest BCUT2D eigenvalue weighted by Crippen LogP contribution is 2.22. The third-order valence-electron chi connectivity index (χ3n) is 4.05. The summed E-state index contributed by atoms with van der Waals surface area (Å²) < 4.78 is 0. The summed E-state index contributed by atoms with van der Waals surface area (Å²) in [4.78, 5) is 40.1. The van der Waals surface area contributed by atoms with E-state index >= 15 is 0 Å². The molecule has 1 aromatic carbocycles. The second kappa shape index (κ2) is 6.70. The fourth-order valence-electron chi connectivity index (χ4n) is 2.78. The Morgan fingerprint density at radius 3 is 2.79 bits per heavy atom. The van der Waals surface area contributed by atoms with E-state index in [2.05, 4.69) is 10.3 Å². The van der Waals surface area contributed by atoms with E-state index < -0.39 is 11.5 Å². The van der Waals surface area contributed by atoms with Crippen LogP contribution in [0.4, 0.5) is 5.69 Å². The Labute approximate surface area is 139 Å². The topological polar surface area (TPSA) is 82.3 Å². The number of nitrogens with one attached hydrogen (secondary N) is 2. The summed E-state index contributed by atoms with van der Waals surface area (Å²) in [5, 5.41) is 2.74. The fraction of sp³-hybridized carbons (Fsp3) is 0.278. The number of rotatable bonds is 4. The first-order chi connectivity index (χ1) is 11.5. The standard InChI is InChI=1S/C18H19N3O3/c1-12-7-8-15(18(24)20-12)17(23)19-11-13-4-2-5-14(10-13)21-9-3-6-16(21)22/h2,4-5,7-8,10H,3,6,9,11H2,1H3,(H,19,23)(H,20,24). The number of hydrogen-bond acceptors (Lipinski definition) is 3. The average Bonchev–Trinajstić information content (AvgIpc) is 2.99. The molecule has 0 saturated carbocycles. The number of amides is 2. The summed E-state index contributed by atoms with van der Waals surface area (Å²) in [7, 11) is 0. The number of aromatic amines is 1. The molecule has 1 aromatic heterocycles. The molecular weight excluding hydrogens is 306 g/mol. The monoisotopic (exact) mass is 325 g/mol. The molecule has 1 aliphatic rings. The van der Waals surface area contributed by atoms with E-state index in [1.54, 1.807) is 17.9 Å². The van der Waals surface area contributed by atoms with Crippen LogP contribution in [0.3, 0.4) is 0 Å². The minimum atomic E-state index is -0.418. The number of nitrogens with zero attached hydrogens (tertiary/aromatic N) is 1. The van der Waals surface area contributed by atoms with Crippen molar-refractivity contribution in [3.05, 3.63) is 63.6 Å². The second-order valence-corrected chi connectivity index (χ2v) is 5.89. The zero-order valence-electron chi connectivity index (χ0n) is 13.5. The summed E-state index contributed by atoms with van der Waals surface area (Å²) >= 11 is 0. The van der Waals surface area contributed by atoms with Gasteiger partial charge < -0.3 is 15.2 Å². The Bertz CT molecular complexity index is 841. The smallest absolute Gasteiger partial charge is 0.260 e. The minimum Gasteiger partial charge on any atom is -0.348 e. The third-order valence-corrected chi connectivity index (χ3v) is 4.05. The van der Waals surface area contributed by atoms with Gasteiger partial charge in [-0.05, 0) is 43.2 Å². The van der Waals surface area contributed by atoms with Gasteiger partial charge >= 0.3 is 0 Å². The molecule has 2 N–H and O–H groups in total. The lowest BCUT2D eigenvalue weighted by Gasteiger charge is -2.16. The molecule has 1 aliphatic heterocycles. The van der Waals surface area contributed by atoms with Crippen LogP contribution in [0.15, 0.2) is 41.2 Å². The number of H-pyrrole nitrogens is 1. The van der Waals surface area contributed by atoms with Crippen molar-refractivity contribution in [2.24, 2.45) is 0 Å². The summed E-state index contributed by atoms with van der Waals surface area (Å²) in [5.74, 6) is -0.290. The van der Waals surface area contributed by atoms with Crippen molar-refractivity contribution in [3.8, 4) is 0 Å². The van der Waals surface area contributed by atoms with Gasteiger partial charge in [-0.25, -0.2) is 0 Å². The highest BCUT2D eigenvalue weighted by molar-refractivity contribution is 5.95. The van der Waals surface area contributed by atoms with E-state index in [1.165, 1.54) is 6.07 Å². The lowest BCUT2D eigenvalue weighted by atomic mass is 10.1. The van der Waals surface area contributed by atoms with Gasteiger partial charge in [0.05, 0.1) is 0 Å². The van der Waals surface area contributed by atoms with Crippen LogP contribution in [0.25, 0.3) is 0 Å². The highest BCUT2D eigenvalue weighted by atomic mass is 16.2. The molecule has 6 nitrogen and oxygen atoms in total. The molecule has 0 bridgehead atoms. The van der Waals surface area contributed by atoms with Crippen LogP contribution in [0.2, 0.25) is 0 Å². The van der Waals surface area contributed by atoms with Gasteiger partial charge in [-0.3, -0.25) is 14.4 Å². The van der Waals surface area contributed by atoms with Gasteiger partial charge in [-0.15, -0.1) is 0 Å². The van der Waals surface area contributed by atoms with Crippen molar-refractivity contribution in [3.63, 3.8) is 0 Å². The van der Waals surface area contributed by atoms with Gasteiger partial charge in [-0.2, -0.15) is 0 Å². The summed E-state index contributed by atoms with van der Waals surface area (Å²) in [6, 6.07) is 10.7. The van der Waals surface area contributed by atoms with Crippen molar-refractivity contribution in [1.29, 1.82) is 0 Å². The van der Waals surface area contributed by atoms with Gasteiger partial charge in [0.1, 0.15) is 5.56 Å². The van der Waals surface area contributed by atoms with Crippen molar-refractivity contribution in [2.75, 3.05) is 11.4 Å². The van der Waals surface area contributed by atoms with Crippen molar-refractivity contribution < 1.29 is 9.59 Å². The van der Waals surface area contributed by atoms with E-state index in [4.69, 9.17) is 0 Å². The molecule has 124 valence electrons. The number of anilines is 1. The first-order valence-electron chi connectivity index (χ1n) is 7.92. The molecule has 0 radical (unpaired) electrons. The van der Waals surface area contributed by atoms with Crippen molar-refractivity contribution >= 4 is 17.5 Å². The second-order valence-electron chi connectivity index (χ2n) is 5.89. The van der Waals surface area contributed by atoms with E-state index in [0.717, 1.165) is 24.2 Å². The average molecular weight is 325 g/mol. The maximum absolute atomic E-state index is 12.1. The lowest BCUT2D eigenvalue weighted by molar-refractivity contribution is -0.117. The maximum atomic E-state index is 12.1. The first kappa shape index (κ1) is 16.0. The Balaban J connectivity index is 1.69. The predicted octanol–water partition coefficient (Wildman–Crippen LogP) is 1.74. The molecular formula is C18H19N3O3. The molecule has 2 amide bonds. The minimum absolute atomic E-state index is 0.0893. The Morgan fingerprint density at radius 1 is 1.25 bits per heavy atom. The van der Waals surface area contributed by atoms with Gasteiger partial charge in [0.2, 0.25) is 5.91 Å². The molecule has 2 heterocycles. The number of carbonyl (C=O) groups is 2. The van der Waals surface area contributed by atoms with Crippen LogP contribution in [-0.2, 0) is 11.3 Å². The fourth-order valence-corrected chi connectivity index (χ4v) is 2.78. The van der Waals surface area contributed by atoms with Crippen molar-refractivity contribution in [2.45, 2.75) is 26.3 Å². The van der Waals surface area contributed by atoms with Crippen LogP contribution in [0, 0.1) is 6.92 Å². The Morgan fingerprint density at radius 2 is 2.08 bits per heavy atom. The quantitative estimate of drug-likeness (QED) is 0.898. The molecule has 1 fully saturated rings. The lowest BCUT2D eigenvalue weighted by Crippen LogP contribution is -2.29. The summed E-state index contributed by atoms with van der Waals surface area (Å²) in [6.45, 7) is 2.78. The number of aryl methyl sites for hydroxylation is 1.